The smallest absolute Gasteiger partial charge is 0.262 e. The van der Waals surface area contributed by atoms with Crippen molar-refractivity contribution in [3.8, 4) is 17.2 Å². The third-order valence-electron chi connectivity index (χ3n) is 4.65. The molecular weight excluding hydrogens is 384 g/mol. The van der Waals surface area contributed by atoms with Crippen LogP contribution in [-0.2, 0) is 9.59 Å². The number of methoxy groups -OCH3 is 1. The molecular formula is C23H26N2O5. The Morgan fingerprint density at radius 2 is 2.03 bits per heavy atom. The van der Waals surface area contributed by atoms with E-state index >= 15 is 0 Å². The molecule has 0 saturated heterocycles. The number of hydrogen-bond acceptors (Lipinski definition) is 5. The lowest BCUT2D eigenvalue weighted by atomic mass is 10.1. The van der Waals surface area contributed by atoms with Gasteiger partial charge in [0.2, 0.25) is 0 Å². The van der Waals surface area contributed by atoms with E-state index in [2.05, 4.69) is 5.32 Å². The molecule has 0 aromatic heterocycles. The van der Waals surface area contributed by atoms with Gasteiger partial charge in [-0.1, -0.05) is 25.1 Å². The van der Waals surface area contributed by atoms with Crippen LogP contribution >= 0.6 is 0 Å². The second-order valence-electron chi connectivity index (χ2n) is 6.73. The zero-order valence-corrected chi connectivity index (χ0v) is 17.4. The van der Waals surface area contributed by atoms with Crippen LogP contribution in [0.15, 0.2) is 48.5 Å². The van der Waals surface area contributed by atoms with Crippen LogP contribution in [0.4, 0.5) is 5.69 Å². The molecule has 0 spiro atoms. The number of anilines is 1. The molecule has 0 aliphatic carbocycles. The lowest BCUT2D eigenvalue weighted by molar-refractivity contribution is -0.127. The number of benzene rings is 2. The van der Waals surface area contributed by atoms with Gasteiger partial charge in [0.05, 0.1) is 25.9 Å². The van der Waals surface area contributed by atoms with E-state index in [1.165, 1.54) is 6.08 Å². The van der Waals surface area contributed by atoms with Crippen LogP contribution < -0.4 is 24.4 Å². The quantitative estimate of drug-likeness (QED) is 0.710. The number of ether oxygens (including phenoxy) is 3. The van der Waals surface area contributed by atoms with Gasteiger partial charge in [-0.25, -0.2) is 0 Å². The molecule has 1 heterocycles. The van der Waals surface area contributed by atoms with Crippen LogP contribution in [0.3, 0.4) is 0 Å². The number of likely N-dealkylation sites (N-methyl/N-ethyl adjacent to an activating group) is 1. The van der Waals surface area contributed by atoms with Crippen LogP contribution in [0.25, 0.3) is 6.08 Å². The summed E-state index contributed by atoms with van der Waals surface area (Å²) in [6.45, 7) is 2.77. The average molecular weight is 410 g/mol. The molecule has 1 aliphatic rings. The SMILES string of the molecule is CCCOc1ccc(/C=C/C(=O)N2C[C@H](C(=O)NC)Oc3ccccc32)cc1OC. The highest BCUT2D eigenvalue weighted by Gasteiger charge is 2.32. The fourth-order valence-corrected chi connectivity index (χ4v) is 3.12. The Morgan fingerprint density at radius 1 is 1.23 bits per heavy atom. The van der Waals surface area contributed by atoms with E-state index in [1.807, 2.05) is 31.2 Å². The molecule has 0 bridgehead atoms. The number of fused-ring (bicyclic) bond motifs is 1. The molecule has 1 aliphatic heterocycles. The minimum Gasteiger partial charge on any atom is -0.493 e. The summed E-state index contributed by atoms with van der Waals surface area (Å²) in [5, 5.41) is 2.57. The van der Waals surface area contributed by atoms with Gasteiger partial charge < -0.3 is 24.4 Å². The summed E-state index contributed by atoms with van der Waals surface area (Å²) in [5.41, 5.74) is 1.43. The van der Waals surface area contributed by atoms with Crippen LogP contribution in [0.1, 0.15) is 18.9 Å². The van der Waals surface area contributed by atoms with Crippen molar-refractivity contribution in [2.45, 2.75) is 19.4 Å². The standard InChI is InChI=1S/C23H26N2O5/c1-4-13-29-19-11-9-16(14-20(19)28-3)10-12-22(26)25-15-21(23(27)24-2)30-18-8-6-5-7-17(18)25/h5-12,14,21H,4,13,15H2,1-3H3,(H,24,27)/b12-10+/t21-/m1/s1. The number of amides is 2. The molecule has 2 amide bonds. The molecule has 2 aromatic rings. The van der Waals surface area contributed by atoms with Crippen molar-refractivity contribution >= 4 is 23.6 Å². The van der Waals surface area contributed by atoms with E-state index < -0.39 is 6.10 Å². The van der Waals surface area contributed by atoms with Crippen molar-refractivity contribution in [2.24, 2.45) is 0 Å². The Balaban J connectivity index is 1.80. The Hall–Kier alpha value is -3.48. The van der Waals surface area contributed by atoms with Gasteiger partial charge in [0.25, 0.3) is 11.8 Å². The van der Waals surface area contributed by atoms with Crippen LogP contribution in [0.5, 0.6) is 17.2 Å². The molecule has 30 heavy (non-hydrogen) atoms. The molecule has 2 aromatic carbocycles. The zero-order valence-electron chi connectivity index (χ0n) is 17.4. The van der Waals surface area contributed by atoms with Gasteiger partial charge in [-0.3, -0.25) is 9.59 Å². The first-order valence-electron chi connectivity index (χ1n) is 9.85. The highest BCUT2D eigenvalue weighted by molar-refractivity contribution is 6.05. The van der Waals surface area contributed by atoms with Crippen molar-refractivity contribution in [3.63, 3.8) is 0 Å². The van der Waals surface area contributed by atoms with Gasteiger partial charge in [0, 0.05) is 13.1 Å². The Morgan fingerprint density at radius 3 is 2.77 bits per heavy atom. The monoisotopic (exact) mass is 410 g/mol. The fraction of sp³-hybridized carbons (Fsp3) is 0.304. The third kappa shape index (κ3) is 4.74. The molecule has 7 heteroatoms. The largest absolute Gasteiger partial charge is 0.493 e. The number of nitrogens with one attached hydrogen (secondary N) is 1. The second-order valence-corrected chi connectivity index (χ2v) is 6.73. The molecule has 7 nitrogen and oxygen atoms in total. The summed E-state index contributed by atoms with van der Waals surface area (Å²) in [6, 6.07) is 12.7. The van der Waals surface area contributed by atoms with Crippen molar-refractivity contribution in [3.05, 3.63) is 54.1 Å². The maximum absolute atomic E-state index is 12.9. The van der Waals surface area contributed by atoms with Gasteiger partial charge >= 0.3 is 0 Å². The van der Waals surface area contributed by atoms with Crippen LogP contribution in [0, 0.1) is 0 Å². The van der Waals surface area contributed by atoms with E-state index in [0.717, 1.165) is 12.0 Å². The number of carbonyl (C=O) groups excluding carboxylic acids is 2. The average Bonchev–Trinajstić information content (AvgIpc) is 2.79. The van der Waals surface area contributed by atoms with E-state index in [1.54, 1.807) is 43.3 Å². The topological polar surface area (TPSA) is 77.1 Å². The van der Waals surface area contributed by atoms with Crippen molar-refractivity contribution < 1.29 is 23.8 Å². The van der Waals surface area contributed by atoms with Crippen LogP contribution in [0.2, 0.25) is 0 Å². The van der Waals surface area contributed by atoms with E-state index in [0.29, 0.717) is 29.5 Å². The molecule has 0 unspecified atom stereocenters. The van der Waals surface area contributed by atoms with Crippen LogP contribution in [-0.4, -0.2) is 45.2 Å². The van der Waals surface area contributed by atoms with Crippen molar-refractivity contribution in [2.75, 3.05) is 32.2 Å². The fourth-order valence-electron chi connectivity index (χ4n) is 3.12. The van der Waals surface area contributed by atoms with E-state index in [-0.39, 0.29) is 18.4 Å². The molecule has 0 saturated carbocycles. The Labute approximate surface area is 176 Å². The molecule has 0 fully saturated rings. The second kappa shape index (κ2) is 9.82. The summed E-state index contributed by atoms with van der Waals surface area (Å²) in [6.07, 6.45) is 3.32. The number of carbonyl (C=O) groups is 2. The minimum atomic E-state index is -0.766. The van der Waals surface area contributed by atoms with Gasteiger partial charge in [0.1, 0.15) is 5.75 Å². The summed E-state index contributed by atoms with van der Waals surface area (Å²) >= 11 is 0. The molecule has 1 atom stereocenters. The lowest BCUT2D eigenvalue weighted by Crippen LogP contribution is -2.49. The Bertz CT molecular complexity index is 941. The zero-order chi connectivity index (χ0) is 21.5. The van der Waals surface area contributed by atoms with Gasteiger partial charge in [-0.2, -0.15) is 0 Å². The molecule has 1 N–H and O–H groups in total. The van der Waals surface area contributed by atoms with Gasteiger partial charge in [-0.15, -0.1) is 0 Å². The number of rotatable bonds is 7. The maximum atomic E-state index is 12.9. The highest BCUT2D eigenvalue weighted by atomic mass is 16.5. The van der Waals surface area contributed by atoms with Gasteiger partial charge in [-0.05, 0) is 42.3 Å². The predicted octanol–water partition coefficient (Wildman–Crippen LogP) is 3.04. The highest BCUT2D eigenvalue weighted by Crippen LogP contribution is 2.33. The Kier molecular flexibility index (Phi) is 6.95. The molecule has 158 valence electrons. The van der Waals surface area contributed by atoms with Crippen molar-refractivity contribution in [1.82, 2.24) is 5.32 Å². The summed E-state index contributed by atoms with van der Waals surface area (Å²) < 4.78 is 16.8. The number of para-hydroxylation sites is 2. The summed E-state index contributed by atoms with van der Waals surface area (Å²) in [5.74, 6) is 1.25. The molecule has 3 rings (SSSR count). The normalized spacial score (nSPS) is 15.3. The third-order valence-corrected chi connectivity index (χ3v) is 4.65. The first-order valence-corrected chi connectivity index (χ1v) is 9.85. The number of nitrogens with zero attached hydrogens (tertiary/aromatic N) is 1. The van der Waals surface area contributed by atoms with E-state index in [4.69, 9.17) is 14.2 Å². The summed E-state index contributed by atoms with van der Waals surface area (Å²) in [7, 11) is 3.12. The van der Waals surface area contributed by atoms with Gasteiger partial charge in [0.15, 0.2) is 17.6 Å². The first kappa shape index (κ1) is 21.2. The van der Waals surface area contributed by atoms with E-state index in [9.17, 15) is 9.59 Å². The first-order chi connectivity index (χ1) is 14.6. The maximum Gasteiger partial charge on any atom is 0.262 e. The lowest BCUT2D eigenvalue weighted by Gasteiger charge is -2.33. The molecule has 0 radical (unpaired) electrons. The minimum absolute atomic E-state index is 0.132. The van der Waals surface area contributed by atoms with Crippen molar-refractivity contribution in [1.29, 1.82) is 0 Å². The predicted molar refractivity (Wildman–Crippen MR) is 115 cm³/mol. The number of hydrogen-bond donors (Lipinski definition) is 1. The summed E-state index contributed by atoms with van der Waals surface area (Å²) in [4.78, 5) is 26.6.